The maximum absolute atomic E-state index is 13.2. The predicted molar refractivity (Wildman–Crippen MR) is 105 cm³/mol. The summed E-state index contributed by atoms with van der Waals surface area (Å²) in [5, 5.41) is 13.7. The molecule has 1 aliphatic carbocycles. The Morgan fingerprint density at radius 3 is 2.20 bits per heavy atom. The van der Waals surface area contributed by atoms with Crippen molar-refractivity contribution >= 4 is 5.91 Å². The third-order valence-electron chi connectivity index (χ3n) is 5.62. The van der Waals surface area contributed by atoms with Crippen molar-refractivity contribution in [1.29, 1.82) is 0 Å². The molecule has 162 valence electrons. The number of benzene rings is 2. The first-order valence-electron chi connectivity index (χ1n) is 10.1. The van der Waals surface area contributed by atoms with Gasteiger partial charge in [-0.3, -0.25) is 4.79 Å². The molecule has 2 atom stereocenters. The first-order valence-corrected chi connectivity index (χ1v) is 10.1. The van der Waals surface area contributed by atoms with Crippen LogP contribution < -0.4 is 5.32 Å². The van der Waals surface area contributed by atoms with Crippen molar-refractivity contribution in [2.45, 2.75) is 56.8 Å². The molecule has 0 heterocycles. The quantitative estimate of drug-likeness (QED) is 0.603. The number of carbonyl (C=O) groups is 1. The molecule has 0 aromatic heterocycles. The third kappa shape index (κ3) is 6.05. The van der Waals surface area contributed by atoms with Gasteiger partial charge in [0, 0.05) is 6.42 Å². The minimum absolute atomic E-state index is 0.146. The maximum atomic E-state index is 13.2. The van der Waals surface area contributed by atoms with Crippen molar-refractivity contribution in [3.8, 4) is 0 Å². The lowest BCUT2D eigenvalue weighted by atomic mass is 9.94. The second-order valence-electron chi connectivity index (χ2n) is 7.92. The third-order valence-corrected chi connectivity index (χ3v) is 5.62. The van der Waals surface area contributed by atoms with Gasteiger partial charge in [0.25, 0.3) is 0 Å². The molecule has 0 spiro atoms. The number of nitrogens with one attached hydrogen (secondary N) is 1. The second kappa shape index (κ2) is 9.60. The van der Waals surface area contributed by atoms with E-state index in [1.165, 1.54) is 36.4 Å². The minimum Gasteiger partial charge on any atom is -0.386 e. The molecule has 0 saturated heterocycles. The normalized spacial score (nSPS) is 17.0. The van der Waals surface area contributed by atoms with Crippen molar-refractivity contribution in [3.63, 3.8) is 0 Å². The number of aliphatic hydroxyl groups excluding tert-OH is 1. The Morgan fingerprint density at radius 1 is 1.03 bits per heavy atom. The van der Waals surface area contributed by atoms with Crippen LogP contribution in [-0.2, 0) is 17.4 Å². The van der Waals surface area contributed by atoms with Gasteiger partial charge in [0.05, 0.1) is 17.7 Å². The van der Waals surface area contributed by atoms with Crippen molar-refractivity contribution in [2.24, 2.45) is 5.92 Å². The van der Waals surface area contributed by atoms with Crippen LogP contribution in [0.2, 0.25) is 0 Å². The largest absolute Gasteiger partial charge is 0.416 e. The first kappa shape index (κ1) is 22.3. The maximum Gasteiger partial charge on any atom is 0.416 e. The summed E-state index contributed by atoms with van der Waals surface area (Å²) in [6.45, 7) is 0. The van der Waals surface area contributed by atoms with Crippen molar-refractivity contribution in [3.05, 3.63) is 71.0 Å². The van der Waals surface area contributed by atoms with E-state index in [0.717, 1.165) is 37.8 Å². The van der Waals surface area contributed by atoms with E-state index in [-0.39, 0.29) is 12.3 Å². The van der Waals surface area contributed by atoms with Crippen LogP contribution in [0.4, 0.5) is 17.6 Å². The van der Waals surface area contributed by atoms with Crippen LogP contribution in [-0.4, -0.2) is 17.1 Å². The topological polar surface area (TPSA) is 49.3 Å². The number of rotatable bonds is 7. The predicted octanol–water partition coefficient (Wildman–Crippen LogP) is 5.19. The Hall–Kier alpha value is -2.41. The molecule has 3 nitrogen and oxygen atoms in total. The molecule has 1 saturated carbocycles. The van der Waals surface area contributed by atoms with Gasteiger partial charge in [-0.05, 0) is 60.6 Å². The summed E-state index contributed by atoms with van der Waals surface area (Å²) in [7, 11) is 0. The number of hydrogen-bond acceptors (Lipinski definition) is 2. The molecule has 7 heteroatoms. The standard InChI is InChI=1S/C23H25F4NO2/c24-19-11-7-17(8-12-19)22(30)20(28-21(29)14-15-3-1-2-4-15)13-16-5-9-18(10-6-16)23(25,26)27/h5-12,15,20,22,30H,1-4,13-14H2,(H,28,29). The fourth-order valence-electron chi connectivity index (χ4n) is 3.96. The Morgan fingerprint density at radius 2 is 1.63 bits per heavy atom. The summed E-state index contributed by atoms with van der Waals surface area (Å²) < 4.78 is 51.6. The van der Waals surface area contributed by atoms with Gasteiger partial charge in [-0.25, -0.2) is 4.39 Å². The lowest BCUT2D eigenvalue weighted by Gasteiger charge is -2.25. The first-order chi connectivity index (χ1) is 14.2. The molecule has 2 aromatic carbocycles. The smallest absolute Gasteiger partial charge is 0.386 e. The van der Waals surface area contributed by atoms with Gasteiger partial charge < -0.3 is 10.4 Å². The SMILES string of the molecule is O=C(CC1CCCC1)NC(Cc1ccc(C(F)(F)F)cc1)C(O)c1ccc(F)cc1. The highest BCUT2D eigenvalue weighted by atomic mass is 19.4. The zero-order chi connectivity index (χ0) is 21.7. The van der Waals surface area contributed by atoms with E-state index in [2.05, 4.69) is 5.32 Å². The lowest BCUT2D eigenvalue weighted by molar-refractivity contribution is -0.137. The van der Waals surface area contributed by atoms with Crippen LogP contribution in [0.1, 0.15) is 54.9 Å². The van der Waals surface area contributed by atoms with Crippen molar-refractivity contribution in [1.82, 2.24) is 5.32 Å². The molecule has 2 unspecified atom stereocenters. The summed E-state index contributed by atoms with van der Waals surface area (Å²) in [4.78, 5) is 12.5. The molecule has 3 rings (SSSR count). The van der Waals surface area contributed by atoms with Crippen molar-refractivity contribution < 1.29 is 27.5 Å². The van der Waals surface area contributed by atoms with Gasteiger partial charge >= 0.3 is 6.18 Å². The Balaban J connectivity index is 1.75. The van der Waals surface area contributed by atoms with Crippen molar-refractivity contribution in [2.75, 3.05) is 0 Å². The number of aliphatic hydroxyl groups is 1. The van der Waals surface area contributed by atoms with E-state index in [4.69, 9.17) is 0 Å². The molecule has 0 aliphatic heterocycles. The number of amides is 1. The average Bonchev–Trinajstić information content (AvgIpc) is 3.20. The molecule has 0 bridgehead atoms. The summed E-state index contributed by atoms with van der Waals surface area (Å²) in [5.41, 5.74) is 0.219. The summed E-state index contributed by atoms with van der Waals surface area (Å²) in [6, 6.07) is 9.20. The van der Waals surface area contributed by atoms with Crippen LogP contribution in [0.15, 0.2) is 48.5 Å². The average molecular weight is 423 g/mol. The van der Waals surface area contributed by atoms with E-state index < -0.39 is 29.7 Å². The van der Waals surface area contributed by atoms with Crippen LogP contribution >= 0.6 is 0 Å². The molecule has 2 aromatic rings. The fourth-order valence-corrected chi connectivity index (χ4v) is 3.96. The molecule has 2 N–H and O–H groups in total. The molecule has 1 aliphatic rings. The molecular weight excluding hydrogens is 398 g/mol. The van der Waals surface area contributed by atoms with Gasteiger partial charge in [0.15, 0.2) is 0 Å². The van der Waals surface area contributed by atoms with Gasteiger partial charge in [-0.15, -0.1) is 0 Å². The van der Waals surface area contributed by atoms with E-state index >= 15 is 0 Å². The number of carbonyl (C=O) groups excluding carboxylic acids is 1. The molecule has 0 radical (unpaired) electrons. The monoisotopic (exact) mass is 423 g/mol. The highest BCUT2D eigenvalue weighted by molar-refractivity contribution is 5.76. The molecular formula is C23H25F4NO2. The van der Waals surface area contributed by atoms with Gasteiger partial charge in [0.2, 0.25) is 5.91 Å². The zero-order valence-electron chi connectivity index (χ0n) is 16.5. The number of hydrogen-bond donors (Lipinski definition) is 2. The fraction of sp³-hybridized carbons (Fsp3) is 0.435. The molecule has 30 heavy (non-hydrogen) atoms. The Kier molecular flexibility index (Phi) is 7.13. The Bertz CT molecular complexity index is 828. The molecule has 1 fully saturated rings. The second-order valence-corrected chi connectivity index (χ2v) is 7.92. The minimum atomic E-state index is -4.43. The van der Waals surface area contributed by atoms with Crippen LogP contribution in [0.3, 0.4) is 0 Å². The van der Waals surface area contributed by atoms with Gasteiger partial charge in [-0.1, -0.05) is 37.1 Å². The summed E-state index contributed by atoms with van der Waals surface area (Å²) >= 11 is 0. The number of alkyl halides is 3. The number of halogens is 4. The zero-order valence-corrected chi connectivity index (χ0v) is 16.5. The van der Waals surface area contributed by atoms with E-state index in [9.17, 15) is 27.5 Å². The van der Waals surface area contributed by atoms with E-state index in [1.807, 2.05) is 0 Å². The van der Waals surface area contributed by atoms with E-state index in [0.29, 0.717) is 23.5 Å². The van der Waals surface area contributed by atoms with Crippen LogP contribution in [0.25, 0.3) is 0 Å². The highest BCUT2D eigenvalue weighted by Crippen LogP contribution is 2.30. The highest BCUT2D eigenvalue weighted by Gasteiger charge is 2.30. The van der Waals surface area contributed by atoms with E-state index in [1.54, 1.807) is 0 Å². The summed E-state index contributed by atoms with van der Waals surface area (Å²) in [6.07, 6.45) is -0.848. The van der Waals surface area contributed by atoms with Gasteiger partial charge in [-0.2, -0.15) is 13.2 Å². The lowest BCUT2D eigenvalue weighted by Crippen LogP contribution is -2.41. The molecule has 1 amide bonds. The van der Waals surface area contributed by atoms with Crippen LogP contribution in [0.5, 0.6) is 0 Å². The Labute approximate surface area is 173 Å². The van der Waals surface area contributed by atoms with Crippen LogP contribution in [0, 0.1) is 11.7 Å². The summed E-state index contributed by atoms with van der Waals surface area (Å²) in [5.74, 6) is -0.324. The van der Waals surface area contributed by atoms with Gasteiger partial charge in [0.1, 0.15) is 5.82 Å².